The highest BCUT2D eigenvalue weighted by molar-refractivity contribution is 6.30. The molecule has 0 bridgehead atoms. The highest BCUT2D eigenvalue weighted by Gasteiger charge is 2.16. The molecule has 0 aliphatic rings. The van der Waals surface area contributed by atoms with Gasteiger partial charge in [0.05, 0.1) is 24.4 Å². The van der Waals surface area contributed by atoms with Crippen LogP contribution in [0.25, 0.3) is 16.8 Å². The van der Waals surface area contributed by atoms with Crippen molar-refractivity contribution in [3.05, 3.63) is 47.1 Å². The summed E-state index contributed by atoms with van der Waals surface area (Å²) in [6.45, 7) is 0. The molecule has 0 aromatic carbocycles. The van der Waals surface area contributed by atoms with Crippen molar-refractivity contribution in [3.8, 4) is 23.1 Å². The van der Waals surface area contributed by atoms with E-state index in [1.807, 2.05) is 0 Å². The smallest absolute Gasteiger partial charge is 0.151 e. The molecule has 0 aliphatic heterocycles. The predicted molar refractivity (Wildman–Crippen MR) is 74.7 cm³/mol. The molecule has 0 spiro atoms. The summed E-state index contributed by atoms with van der Waals surface area (Å²) >= 11 is 5.88. The number of aromatic nitrogens is 3. The first kappa shape index (κ1) is 13.3. The van der Waals surface area contributed by atoms with E-state index in [2.05, 4.69) is 10.1 Å². The number of pyridine rings is 2. The van der Waals surface area contributed by atoms with Crippen LogP contribution in [-0.4, -0.2) is 21.7 Å². The number of nitriles is 1. The van der Waals surface area contributed by atoms with Gasteiger partial charge in [-0.2, -0.15) is 10.4 Å². The van der Waals surface area contributed by atoms with Gasteiger partial charge in [-0.05, 0) is 12.1 Å². The Hall–Kier alpha value is -2.65. The molecular weight excluding hydrogens is 295 g/mol. The Morgan fingerprint density at radius 3 is 2.95 bits per heavy atom. The SMILES string of the molecule is COc1ccn2ncc(-c3nc(Cl)c(C#N)cc3F)c2c1. The third kappa shape index (κ3) is 2.18. The second-order valence-corrected chi connectivity index (χ2v) is 4.58. The van der Waals surface area contributed by atoms with E-state index in [-0.39, 0.29) is 16.4 Å². The predicted octanol–water partition coefficient (Wildman–Crippen LogP) is 3.07. The van der Waals surface area contributed by atoms with Gasteiger partial charge < -0.3 is 4.74 Å². The van der Waals surface area contributed by atoms with Crippen molar-refractivity contribution in [2.45, 2.75) is 0 Å². The molecular formula is C14H8ClFN4O. The zero-order valence-electron chi connectivity index (χ0n) is 10.8. The molecule has 5 nitrogen and oxygen atoms in total. The highest BCUT2D eigenvalue weighted by atomic mass is 35.5. The van der Waals surface area contributed by atoms with Gasteiger partial charge in [-0.15, -0.1) is 0 Å². The van der Waals surface area contributed by atoms with Crippen molar-refractivity contribution in [2.75, 3.05) is 7.11 Å². The van der Waals surface area contributed by atoms with Crippen molar-refractivity contribution >= 4 is 17.1 Å². The second-order valence-electron chi connectivity index (χ2n) is 4.22. The van der Waals surface area contributed by atoms with Gasteiger partial charge in [-0.3, -0.25) is 0 Å². The normalized spacial score (nSPS) is 10.6. The third-order valence-electron chi connectivity index (χ3n) is 3.03. The van der Waals surface area contributed by atoms with Crippen LogP contribution in [0.5, 0.6) is 5.75 Å². The lowest BCUT2D eigenvalue weighted by Crippen LogP contribution is -1.94. The van der Waals surface area contributed by atoms with Crippen LogP contribution < -0.4 is 4.74 Å². The Morgan fingerprint density at radius 2 is 2.24 bits per heavy atom. The summed E-state index contributed by atoms with van der Waals surface area (Å²) in [5.74, 6) is -0.0157. The number of hydrogen-bond donors (Lipinski definition) is 0. The van der Waals surface area contributed by atoms with E-state index in [4.69, 9.17) is 21.6 Å². The lowest BCUT2D eigenvalue weighted by atomic mass is 10.1. The maximum atomic E-state index is 14.2. The van der Waals surface area contributed by atoms with Crippen LogP contribution in [0.1, 0.15) is 5.56 Å². The van der Waals surface area contributed by atoms with Crippen molar-refractivity contribution in [3.63, 3.8) is 0 Å². The van der Waals surface area contributed by atoms with Crippen LogP contribution in [-0.2, 0) is 0 Å². The monoisotopic (exact) mass is 302 g/mol. The van der Waals surface area contributed by atoms with Crippen molar-refractivity contribution in [1.82, 2.24) is 14.6 Å². The zero-order chi connectivity index (χ0) is 15.0. The first-order valence-electron chi connectivity index (χ1n) is 5.92. The van der Waals surface area contributed by atoms with Crippen molar-refractivity contribution in [2.24, 2.45) is 0 Å². The number of methoxy groups -OCH3 is 1. The molecule has 0 atom stereocenters. The molecule has 3 aromatic rings. The largest absolute Gasteiger partial charge is 0.497 e. The second kappa shape index (κ2) is 5.04. The minimum atomic E-state index is -0.631. The third-order valence-corrected chi connectivity index (χ3v) is 3.32. The Morgan fingerprint density at radius 1 is 1.43 bits per heavy atom. The average Bonchev–Trinajstić information content (AvgIpc) is 2.91. The summed E-state index contributed by atoms with van der Waals surface area (Å²) in [7, 11) is 1.54. The van der Waals surface area contributed by atoms with Crippen molar-refractivity contribution < 1.29 is 9.13 Å². The number of fused-ring (bicyclic) bond motifs is 1. The van der Waals surface area contributed by atoms with Gasteiger partial charge in [0, 0.05) is 17.8 Å². The molecule has 3 aromatic heterocycles. The molecule has 0 radical (unpaired) electrons. The van der Waals surface area contributed by atoms with E-state index in [0.29, 0.717) is 16.8 Å². The van der Waals surface area contributed by atoms with E-state index in [9.17, 15) is 4.39 Å². The summed E-state index contributed by atoms with van der Waals surface area (Å²) < 4.78 is 20.9. The Bertz CT molecular complexity index is 885. The number of halogens is 2. The summed E-state index contributed by atoms with van der Waals surface area (Å²) in [4.78, 5) is 3.97. The van der Waals surface area contributed by atoms with E-state index in [1.165, 1.54) is 6.20 Å². The Balaban J connectivity index is 2.26. The first-order valence-corrected chi connectivity index (χ1v) is 6.29. The standard InChI is InChI=1S/C14H8ClFN4O/c1-21-9-2-3-20-12(5-9)10(7-18-20)13-11(16)4-8(6-17)14(15)19-13/h2-5,7H,1H3. The molecule has 0 amide bonds. The molecule has 0 saturated carbocycles. The number of ether oxygens (including phenoxy) is 1. The van der Waals surface area contributed by atoms with Gasteiger partial charge in [-0.1, -0.05) is 11.6 Å². The Labute approximate surface area is 124 Å². The fraction of sp³-hybridized carbons (Fsp3) is 0.0714. The fourth-order valence-corrected chi connectivity index (χ4v) is 2.19. The lowest BCUT2D eigenvalue weighted by molar-refractivity contribution is 0.414. The van der Waals surface area contributed by atoms with Gasteiger partial charge in [0.25, 0.3) is 0 Å². The number of hydrogen-bond acceptors (Lipinski definition) is 4. The van der Waals surface area contributed by atoms with E-state index >= 15 is 0 Å². The van der Waals surface area contributed by atoms with E-state index in [0.717, 1.165) is 6.07 Å². The molecule has 0 N–H and O–H groups in total. The first-order chi connectivity index (χ1) is 10.1. The zero-order valence-corrected chi connectivity index (χ0v) is 11.6. The lowest BCUT2D eigenvalue weighted by Gasteiger charge is -2.04. The molecule has 3 rings (SSSR count). The summed E-state index contributed by atoms with van der Waals surface area (Å²) in [5.41, 5.74) is 1.13. The molecule has 0 aliphatic carbocycles. The highest BCUT2D eigenvalue weighted by Crippen LogP contribution is 2.29. The van der Waals surface area contributed by atoms with Gasteiger partial charge in [0.2, 0.25) is 0 Å². The minimum Gasteiger partial charge on any atom is -0.497 e. The van der Waals surface area contributed by atoms with Crippen LogP contribution in [0.15, 0.2) is 30.6 Å². The molecule has 0 fully saturated rings. The topological polar surface area (TPSA) is 63.2 Å². The van der Waals surface area contributed by atoms with E-state index < -0.39 is 5.82 Å². The average molecular weight is 303 g/mol. The molecule has 104 valence electrons. The van der Waals surface area contributed by atoms with Gasteiger partial charge >= 0.3 is 0 Å². The molecule has 0 saturated heterocycles. The Kier molecular flexibility index (Phi) is 3.20. The van der Waals surface area contributed by atoms with Gasteiger partial charge in [0.1, 0.15) is 22.7 Å². The summed E-state index contributed by atoms with van der Waals surface area (Å²) in [5, 5.41) is 12.9. The van der Waals surface area contributed by atoms with Gasteiger partial charge in [-0.25, -0.2) is 13.9 Å². The van der Waals surface area contributed by atoms with Crippen LogP contribution in [0, 0.1) is 17.1 Å². The number of rotatable bonds is 2. The molecule has 0 unspecified atom stereocenters. The van der Waals surface area contributed by atoms with Crippen molar-refractivity contribution in [1.29, 1.82) is 5.26 Å². The summed E-state index contributed by atoms with van der Waals surface area (Å²) in [6, 6.07) is 6.31. The number of nitrogens with zero attached hydrogens (tertiary/aromatic N) is 4. The minimum absolute atomic E-state index is 0.00743. The van der Waals surface area contributed by atoms with Crippen LogP contribution in [0.4, 0.5) is 4.39 Å². The van der Waals surface area contributed by atoms with Crippen LogP contribution in [0.2, 0.25) is 5.15 Å². The maximum Gasteiger partial charge on any atom is 0.151 e. The quantitative estimate of drug-likeness (QED) is 0.682. The fourth-order valence-electron chi connectivity index (χ4n) is 2.00. The van der Waals surface area contributed by atoms with Crippen LogP contribution >= 0.6 is 11.6 Å². The van der Waals surface area contributed by atoms with E-state index in [1.54, 1.807) is 36.0 Å². The molecule has 7 heteroatoms. The molecule has 21 heavy (non-hydrogen) atoms. The summed E-state index contributed by atoms with van der Waals surface area (Å²) in [6.07, 6.45) is 3.18. The van der Waals surface area contributed by atoms with Crippen LogP contribution in [0.3, 0.4) is 0 Å². The molecule has 3 heterocycles. The maximum absolute atomic E-state index is 14.2. The van der Waals surface area contributed by atoms with Gasteiger partial charge in [0.15, 0.2) is 5.82 Å².